The smallest absolute Gasteiger partial charge is 0.137 e. The molecule has 2 rings (SSSR count). The summed E-state index contributed by atoms with van der Waals surface area (Å²) >= 11 is 3.22. The van der Waals surface area contributed by atoms with E-state index in [0.29, 0.717) is 16.9 Å². The molecule has 0 radical (unpaired) electrons. The van der Waals surface area contributed by atoms with E-state index >= 15 is 0 Å². The Morgan fingerprint density at radius 1 is 1.40 bits per heavy atom. The Balaban J connectivity index is 2.19. The molecule has 108 valence electrons. The first kappa shape index (κ1) is 15.0. The molecule has 0 amide bonds. The van der Waals surface area contributed by atoms with E-state index in [1.807, 2.05) is 24.9 Å². The molecule has 1 aromatic heterocycles. The second kappa shape index (κ2) is 5.95. The molecule has 1 heterocycles. The molecule has 1 aromatic carbocycles. The summed E-state index contributed by atoms with van der Waals surface area (Å²) in [6, 6.07) is 3.30. The number of aryl methyl sites for hydroxylation is 2. The molecule has 3 nitrogen and oxygen atoms in total. The molecule has 0 aliphatic carbocycles. The zero-order chi connectivity index (χ0) is 14.9. The van der Waals surface area contributed by atoms with Crippen molar-refractivity contribution in [2.75, 3.05) is 5.32 Å². The molecule has 0 aliphatic rings. The fourth-order valence-electron chi connectivity index (χ4n) is 2.20. The highest BCUT2D eigenvalue weighted by Gasteiger charge is 2.12. The van der Waals surface area contributed by atoms with E-state index in [9.17, 15) is 4.39 Å². The SMILES string of the molecule is Cc1cc(F)c(Br)cc1NCc1cn(C)nc1C(C)C. The summed E-state index contributed by atoms with van der Waals surface area (Å²) in [6.07, 6.45) is 2.02. The largest absolute Gasteiger partial charge is 0.381 e. The average molecular weight is 340 g/mol. The van der Waals surface area contributed by atoms with Gasteiger partial charge in [0.2, 0.25) is 0 Å². The van der Waals surface area contributed by atoms with Gasteiger partial charge in [0.15, 0.2) is 0 Å². The van der Waals surface area contributed by atoms with E-state index in [2.05, 4.69) is 40.2 Å². The number of hydrogen-bond donors (Lipinski definition) is 1. The van der Waals surface area contributed by atoms with Crippen LogP contribution >= 0.6 is 15.9 Å². The molecule has 0 aliphatic heterocycles. The van der Waals surface area contributed by atoms with Crippen LogP contribution in [-0.4, -0.2) is 9.78 Å². The Morgan fingerprint density at radius 3 is 2.75 bits per heavy atom. The number of nitrogens with zero attached hydrogens (tertiary/aromatic N) is 2. The van der Waals surface area contributed by atoms with Gasteiger partial charge in [-0.3, -0.25) is 4.68 Å². The molecular weight excluding hydrogens is 321 g/mol. The van der Waals surface area contributed by atoms with Crippen LogP contribution < -0.4 is 5.32 Å². The third kappa shape index (κ3) is 3.20. The highest BCUT2D eigenvalue weighted by molar-refractivity contribution is 9.10. The average Bonchev–Trinajstić information content (AvgIpc) is 2.74. The molecule has 2 aromatic rings. The van der Waals surface area contributed by atoms with Crippen molar-refractivity contribution in [3.8, 4) is 0 Å². The zero-order valence-corrected chi connectivity index (χ0v) is 13.8. The number of anilines is 1. The highest BCUT2D eigenvalue weighted by atomic mass is 79.9. The first-order chi connectivity index (χ1) is 9.38. The van der Waals surface area contributed by atoms with Gasteiger partial charge in [-0.1, -0.05) is 13.8 Å². The summed E-state index contributed by atoms with van der Waals surface area (Å²) in [5.74, 6) is 0.145. The molecule has 0 saturated carbocycles. The molecule has 0 saturated heterocycles. The van der Waals surface area contributed by atoms with Gasteiger partial charge in [0.05, 0.1) is 10.2 Å². The van der Waals surface area contributed by atoms with Crippen LogP contribution in [0.3, 0.4) is 0 Å². The van der Waals surface area contributed by atoms with Gasteiger partial charge in [-0.15, -0.1) is 0 Å². The lowest BCUT2D eigenvalue weighted by Crippen LogP contribution is -2.04. The van der Waals surface area contributed by atoms with Gasteiger partial charge in [-0.2, -0.15) is 5.10 Å². The summed E-state index contributed by atoms with van der Waals surface area (Å²) in [6.45, 7) is 6.84. The van der Waals surface area contributed by atoms with Gasteiger partial charge >= 0.3 is 0 Å². The predicted octanol–water partition coefficient (Wildman–Crippen LogP) is 4.37. The maximum Gasteiger partial charge on any atom is 0.137 e. The summed E-state index contributed by atoms with van der Waals surface area (Å²) in [4.78, 5) is 0. The molecule has 0 spiro atoms. The number of aromatic nitrogens is 2. The lowest BCUT2D eigenvalue weighted by Gasteiger charge is -2.11. The number of benzene rings is 1. The van der Waals surface area contributed by atoms with Crippen molar-refractivity contribution in [1.82, 2.24) is 9.78 Å². The fraction of sp³-hybridized carbons (Fsp3) is 0.400. The Labute approximate surface area is 127 Å². The van der Waals surface area contributed by atoms with Gasteiger partial charge in [0.25, 0.3) is 0 Å². The lowest BCUT2D eigenvalue weighted by atomic mass is 10.1. The third-order valence-corrected chi connectivity index (χ3v) is 3.83. The van der Waals surface area contributed by atoms with Gasteiger partial charge < -0.3 is 5.32 Å². The lowest BCUT2D eigenvalue weighted by molar-refractivity contribution is 0.620. The van der Waals surface area contributed by atoms with Gasteiger partial charge in [-0.25, -0.2) is 4.39 Å². The Hall–Kier alpha value is -1.36. The monoisotopic (exact) mass is 339 g/mol. The van der Waals surface area contributed by atoms with Crippen molar-refractivity contribution in [1.29, 1.82) is 0 Å². The molecular formula is C15H19BrFN3. The Morgan fingerprint density at radius 2 is 2.10 bits per heavy atom. The van der Waals surface area contributed by atoms with Crippen molar-refractivity contribution in [2.24, 2.45) is 7.05 Å². The van der Waals surface area contributed by atoms with Crippen LogP contribution in [0.4, 0.5) is 10.1 Å². The van der Waals surface area contributed by atoms with Crippen molar-refractivity contribution in [2.45, 2.75) is 33.2 Å². The van der Waals surface area contributed by atoms with E-state index in [-0.39, 0.29) is 5.82 Å². The first-order valence-corrected chi connectivity index (χ1v) is 7.39. The molecule has 1 N–H and O–H groups in total. The quantitative estimate of drug-likeness (QED) is 0.896. The minimum absolute atomic E-state index is 0.239. The first-order valence-electron chi connectivity index (χ1n) is 6.60. The summed E-state index contributed by atoms with van der Waals surface area (Å²) in [7, 11) is 1.93. The second-order valence-electron chi connectivity index (χ2n) is 5.30. The normalized spacial score (nSPS) is 11.2. The van der Waals surface area contributed by atoms with Crippen LogP contribution in [0.5, 0.6) is 0 Å². The molecule has 5 heteroatoms. The fourth-order valence-corrected chi connectivity index (χ4v) is 2.55. The van der Waals surface area contributed by atoms with Crippen molar-refractivity contribution >= 4 is 21.6 Å². The molecule has 0 atom stereocenters. The number of hydrogen-bond acceptors (Lipinski definition) is 2. The topological polar surface area (TPSA) is 29.9 Å². The zero-order valence-electron chi connectivity index (χ0n) is 12.2. The Bertz CT molecular complexity index is 620. The molecule has 0 bridgehead atoms. The number of nitrogens with one attached hydrogen (secondary N) is 1. The predicted molar refractivity (Wildman–Crippen MR) is 83.5 cm³/mol. The van der Waals surface area contributed by atoms with Crippen molar-refractivity contribution < 1.29 is 4.39 Å². The standard InChI is InChI=1S/C15H19BrFN3/c1-9(2)15-11(8-20(4)19-15)7-18-14-6-12(16)13(17)5-10(14)3/h5-6,8-9,18H,7H2,1-4H3. The van der Waals surface area contributed by atoms with Gasteiger partial charge in [-0.05, 0) is 46.5 Å². The van der Waals surface area contributed by atoms with E-state index in [1.54, 1.807) is 6.07 Å². The van der Waals surface area contributed by atoms with Crippen LogP contribution in [-0.2, 0) is 13.6 Å². The Kier molecular flexibility index (Phi) is 4.48. The third-order valence-electron chi connectivity index (χ3n) is 3.22. The number of rotatable bonds is 4. The summed E-state index contributed by atoms with van der Waals surface area (Å²) < 4.78 is 15.7. The maximum atomic E-state index is 13.4. The summed E-state index contributed by atoms with van der Waals surface area (Å²) in [5.41, 5.74) is 4.08. The number of halogens is 2. The molecule has 0 fully saturated rings. The summed E-state index contributed by atoms with van der Waals surface area (Å²) in [5, 5.41) is 7.84. The van der Waals surface area contributed by atoms with E-state index in [0.717, 1.165) is 16.9 Å². The van der Waals surface area contributed by atoms with Crippen LogP contribution in [0.25, 0.3) is 0 Å². The minimum Gasteiger partial charge on any atom is -0.381 e. The van der Waals surface area contributed by atoms with Crippen LogP contribution in [0.2, 0.25) is 0 Å². The maximum absolute atomic E-state index is 13.4. The van der Waals surface area contributed by atoms with Crippen molar-refractivity contribution in [3.05, 3.63) is 45.4 Å². The van der Waals surface area contributed by atoms with E-state index in [1.165, 1.54) is 11.6 Å². The molecule has 0 unspecified atom stereocenters. The van der Waals surface area contributed by atoms with E-state index < -0.39 is 0 Å². The van der Waals surface area contributed by atoms with Crippen molar-refractivity contribution in [3.63, 3.8) is 0 Å². The van der Waals surface area contributed by atoms with Gasteiger partial charge in [0.1, 0.15) is 5.82 Å². The van der Waals surface area contributed by atoms with Crippen LogP contribution in [0, 0.1) is 12.7 Å². The minimum atomic E-state index is -0.239. The second-order valence-corrected chi connectivity index (χ2v) is 6.16. The van der Waals surface area contributed by atoms with Gasteiger partial charge in [0, 0.05) is 31.0 Å². The van der Waals surface area contributed by atoms with E-state index in [4.69, 9.17) is 0 Å². The molecule has 20 heavy (non-hydrogen) atoms. The highest BCUT2D eigenvalue weighted by Crippen LogP contribution is 2.25. The van der Waals surface area contributed by atoms with Crippen LogP contribution in [0.15, 0.2) is 22.8 Å². The van der Waals surface area contributed by atoms with Crippen LogP contribution in [0.1, 0.15) is 36.6 Å².